The van der Waals surface area contributed by atoms with Gasteiger partial charge in [0.25, 0.3) is 5.91 Å². The summed E-state index contributed by atoms with van der Waals surface area (Å²) >= 11 is 6.28. The third-order valence-corrected chi connectivity index (χ3v) is 8.31. The summed E-state index contributed by atoms with van der Waals surface area (Å²) in [5, 5.41) is 13.9. The molecule has 1 aromatic heterocycles. The first-order valence-corrected chi connectivity index (χ1v) is 12.6. The average molecular weight is 481 g/mol. The highest BCUT2D eigenvalue weighted by Crippen LogP contribution is 2.50. The molecule has 3 aliphatic rings. The van der Waals surface area contributed by atoms with E-state index in [1.807, 2.05) is 12.1 Å². The van der Waals surface area contributed by atoms with E-state index in [2.05, 4.69) is 16.4 Å². The van der Waals surface area contributed by atoms with Crippen molar-refractivity contribution in [1.29, 1.82) is 5.26 Å². The number of para-hydroxylation sites is 1. The predicted molar refractivity (Wildman–Crippen MR) is 128 cm³/mol. The van der Waals surface area contributed by atoms with E-state index in [0.717, 1.165) is 43.9 Å². The summed E-state index contributed by atoms with van der Waals surface area (Å²) < 4.78 is 0. The molecule has 178 valence electrons. The van der Waals surface area contributed by atoms with Crippen molar-refractivity contribution in [2.75, 3.05) is 6.54 Å². The molecule has 2 N–H and O–H groups in total. The van der Waals surface area contributed by atoms with E-state index in [4.69, 9.17) is 11.6 Å². The summed E-state index contributed by atoms with van der Waals surface area (Å²) in [6, 6.07) is 8.06. The van der Waals surface area contributed by atoms with E-state index in [0.29, 0.717) is 42.0 Å². The van der Waals surface area contributed by atoms with Crippen LogP contribution in [-0.4, -0.2) is 46.1 Å². The number of rotatable bonds is 5. The number of amides is 2. The second-order valence-electron chi connectivity index (χ2n) is 10.2. The molecule has 0 radical (unpaired) electrons. The number of nitrogens with one attached hydrogen (secondary N) is 2. The van der Waals surface area contributed by atoms with Crippen LogP contribution in [0.25, 0.3) is 10.9 Å². The molecule has 5 rings (SSSR count). The number of likely N-dealkylation sites (tertiary alicyclic amines) is 1. The fourth-order valence-electron chi connectivity index (χ4n) is 5.93. The Balaban J connectivity index is 1.34. The third-order valence-electron chi connectivity index (χ3n) is 8.00. The van der Waals surface area contributed by atoms with Gasteiger partial charge in [0.15, 0.2) is 0 Å². The Morgan fingerprint density at radius 1 is 1.29 bits per heavy atom. The minimum atomic E-state index is -0.735. The van der Waals surface area contributed by atoms with Crippen molar-refractivity contribution in [3.8, 4) is 6.07 Å². The summed E-state index contributed by atoms with van der Waals surface area (Å²) in [4.78, 5) is 43.9. The Kier molecular flexibility index (Phi) is 6.11. The van der Waals surface area contributed by atoms with Gasteiger partial charge in [-0.25, -0.2) is 0 Å². The molecule has 1 aromatic carbocycles. The summed E-state index contributed by atoms with van der Waals surface area (Å²) in [6.45, 7) is 0.533. The fourth-order valence-corrected chi connectivity index (χ4v) is 6.16. The van der Waals surface area contributed by atoms with Crippen LogP contribution in [-0.2, 0) is 9.59 Å². The molecule has 1 aliphatic heterocycles. The minimum absolute atomic E-state index is 0.0250. The molecule has 3 fully saturated rings. The number of carbonyl (C=O) groups is 3. The van der Waals surface area contributed by atoms with Crippen molar-refractivity contribution in [1.82, 2.24) is 15.2 Å². The monoisotopic (exact) mass is 480 g/mol. The van der Waals surface area contributed by atoms with Crippen LogP contribution in [0.2, 0.25) is 5.02 Å². The lowest BCUT2D eigenvalue weighted by molar-refractivity contribution is -0.127. The van der Waals surface area contributed by atoms with Gasteiger partial charge in [0, 0.05) is 24.3 Å². The molecule has 3 unspecified atom stereocenters. The molecule has 34 heavy (non-hydrogen) atoms. The number of fused-ring (bicyclic) bond motifs is 1. The van der Waals surface area contributed by atoms with E-state index >= 15 is 0 Å². The van der Waals surface area contributed by atoms with Crippen molar-refractivity contribution >= 4 is 40.1 Å². The highest BCUT2D eigenvalue weighted by molar-refractivity contribution is 6.35. The van der Waals surface area contributed by atoms with Crippen molar-refractivity contribution in [3.63, 3.8) is 0 Å². The highest BCUT2D eigenvalue weighted by atomic mass is 35.5. The van der Waals surface area contributed by atoms with Gasteiger partial charge < -0.3 is 15.2 Å². The number of aromatic nitrogens is 1. The Labute approximate surface area is 203 Å². The number of H-pyrrole nitrogens is 1. The molecular weight excluding hydrogens is 452 g/mol. The van der Waals surface area contributed by atoms with Gasteiger partial charge in [0.05, 0.1) is 16.6 Å². The largest absolute Gasteiger partial charge is 0.349 e. The molecule has 1 spiro atoms. The lowest BCUT2D eigenvalue weighted by Crippen LogP contribution is -2.49. The Hall–Kier alpha value is -2.85. The van der Waals surface area contributed by atoms with Gasteiger partial charge in [0.2, 0.25) is 5.91 Å². The van der Waals surface area contributed by atoms with Gasteiger partial charge in [-0.1, -0.05) is 36.6 Å². The van der Waals surface area contributed by atoms with E-state index in [9.17, 15) is 19.6 Å². The van der Waals surface area contributed by atoms with Gasteiger partial charge in [-0.15, -0.1) is 0 Å². The maximum atomic E-state index is 13.5. The number of hydrogen-bond donors (Lipinski definition) is 2. The molecule has 2 heterocycles. The summed E-state index contributed by atoms with van der Waals surface area (Å²) in [5.41, 5.74) is 1.08. The van der Waals surface area contributed by atoms with Crippen LogP contribution < -0.4 is 5.32 Å². The predicted octanol–water partition coefficient (Wildman–Crippen LogP) is 4.36. The van der Waals surface area contributed by atoms with Gasteiger partial charge in [0.1, 0.15) is 23.6 Å². The van der Waals surface area contributed by atoms with E-state index in [-0.39, 0.29) is 28.9 Å². The fraction of sp³-hybridized carbons (Fsp3) is 0.538. The molecule has 2 aromatic rings. The van der Waals surface area contributed by atoms with E-state index < -0.39 is 12.1 Å². The molecule has 2 saturated carbocycles. The molecule has 0 bridgehead atoms. The van der Waals surface area contributed by atoms with E-state index in [1.165, 1.54) is 0 Å². The lowest BCUT2D eigenvalue weighted by atomic mass is 9.67. The number of nitrogens with zero attached hydrogens (tertiary/aromatic N) is 2. The van der Waals surface area contributed by atoms with Crippen molar-refractivity contribution in [3.05, 3.63) is 35.0 Å². The zero-order valence-electron chi connectivity index (χ0n) is 19.1. The van der Waals surface area contributed by atoms with E-state index in [1.54, 1.807) is 17.0 Å². The third kappa shape index (κ3) is 4.20. The Morgan fingerprint density at radius 3 is 2.79 bits per heavy atom. The van der Waals surface area contributed by atoms with Crippen LogP contribution in [0.5, 0.6) is 0 Å². The standard InChI is InChI=1S/C26H29ClN4O3/c27-19-7-3-6-17-12-20(30-23(17)19)25(34)31-15-26(9-4-10-26)13-21(31)24(33)29-18(14-28)11-16-5-1-2-8-22(16)32/h3,6-7,12,16,18,21,30H,1-2,4-5,8-11,13,15H2,(H,29,33). The minimum Gasteiger partial charge on any atom is -0.349 e. The number of aromatic amines is 1. The molecule has 8 heteroatoms. The number of nitriles is 1. The number of Topliss-reactive ketones (excluding diaryl/α,β-unsaturated/α-hetero) is 1. The maximum absolute atomic E-state index is 13.5. The van der Waals surface area contributed by atoms with Crippen LogP contribution in [0.3, 0.4) is 0 Å². The Bertz CT molecular complexity index is 1180. The SMILES string of the molecule is N#CC(CC1CCCCC1=O)NC(=O)C1CC2(CCC2)CN1C(=O)c1cc2cccc(Cl)c2[nH]1. The lowest BCUT2D eigenvalue weighted by Gasteiger charge is -2.37. The molecule has 2 aliphatic carbocycles. The van der Waals surface area contributed by atoms with Crippen LogP contribution in [0.4, 0.5) is 0 Å². The highest BCUT2D eigenvalue weighted by Gasteiger charge is 2.52. The summed E-state index contributed by atoms with van der Waals surface area (Å²) in [5.74, 6) is -0.522. The summed E-state index contributed by atoms with van der Waals surface area (Å²) in [6.07, 6.45) is 7.24. The van der Waals surface area contributed by atoms with Crippen molar-refractivity contribution in [2.45, 2.75) is 69.9 Å². The smallest absolute Gasteiger partial charge is 0.271 e. The van der Waals surface area contributed by atoms with Gasteiger partial charge in [-0.05, 0) is 56.1 Å². The normalized spacial score (nSPS) is 24.6. The molecule has 1 saturated heterocycles. The zero-order valence-corrected chi connectivity index (χ0v) is 19.9. The van der Waals surface area contributed by atoms with Crippen LogP contribution in [0.1, 0.15) is 68.3 Å². The number of halogens is 1. The first-order valence-electron chi connectivity index (χ1n) is 12.2. The second-order valence-corrected chi connectivity index (χ2v) is 10.6. The van der Waals surface area contributed by atoms with Crippen LogP contribution >= 0.6 is 11.6 Å². The quantitative estimate of drug-likeness (QED) is 0.662. The van der Waals surface area contributed by atoms with Crippen molar-refractivity contribution in [2.24, 2.45) is 11.3 Å². The number of carbonyl (C=O) groups excluding carboxylic acids is 3. The topological polar surface area (TPSA) is 106 Å². The Morgan fingerprint density at radius 2 is 2.12 bits per heavy atom. The van der Waals surface area contributed by atoms with Crippen LogP contribution in [0.15, 0.2) is 24.3 Å². The first kappa shape index (κ1) is 22.9. The van der Waals surface area contributed by atoms with Gasteiger partial charge in [-0.2, -0.15) is 5.26 Å². The zero-order chi connectivity index (χ0) is 23.9. The number of ketones is 1. The second kappa shape index (κ2) is 9.07. The average Bonchev–Trinajstić information content (AvgIpc) is 3.43. The maximum Gasteiger partial charge on any atom is 0.271 e. The van der Waals surface area contributed by atoms with Gasteiger partial charge >= 0.3 is 0 Å². The molecule has 3 atom stereocenters. The first-order chi connectivity index (χ1) is 16.4. The number of hydrogen-bond acceptors (Lipinski definition) is 4. The van der Waals surface area contributed by atoms with Crippen LogP contribution in [0, 0.1) is 22.7 Å². The molecular formula is C26H29ClN4O3. The summed E-state index contributed by atoms with van der Waals surface area (Å²) in [7, 11) is 0. The number of benzene rings is 1. The molecule has 7 nitrogen and oxygen atoms in total. The molecule has 2 amide bonds. The van der Waals surface area contributed by atoms with Crippen molar-refractivity contribution < 1.29 is 14.4 Å². The van der Waals surface area contributed by atoms with Gasteiger partial charge in [-0.3, -0.25) is 14.4 Å².